The molecule has 64 valence electrons. The minimum atomic E-state index is 1.27. The molecular formula is C10H12S2. The Bertz CT molecular complexity index is 249. The van der Waals surface area contributed by atoms with Gasteiger partial charge in [0.05, 0.1) is 0 Å². The van der Waals surface area contributed by atoms with Gasteiger partial charge in [-0.2, -0.15) is 0 Å². The first kappa shape index (κ1) is 9.75. The van der Waals surface area contributed by atoms with Gasteiger partial charge in [0.15, 0.2) is 0 Å². The van der Waals surface area contributed by atoms with Crippen molar-refractivity contribution in [1.82, 2.24) is 0 Å². The first-order chi connectivity index (χ1) is 5.86. The van der Waals surface area contributed by atoms with E-state index in [4.69, 9.17) is 0 Å². The number of benzene rings is 1. The van der Waals surface area contributed by atoms with Crippen molar-refractivity contribution in [1.29, 1.82) is 0 Å². The van der Waals surface area contributed by atoms with Crippen molar-refractivity contribution in [3.63, 3.8) is 0 Å². The van der Waals surface area contributed by atoms with E-state index in [0.717, 1.165) is 0 Å². The predicted octanol–water partition coefficient (Wildman–Crippen LogP) is 3.74. The van der Waals surface area contributed by atoms with E-state index in [0.29, 0.717) is 0 Å². The molecule has 0 amide bonds. The van der Waals surface area contributed by atoms with Gasteiger partial charge in [0.1, 0.15) is 0 Å². The molecule has 12 heavy (non-hydrogen) atoms. The van der Waals surface area contributed by atoms with E-state index < -0.39 is 0 Å². The molecule has 0 radical (unpaired) electrons. The maximum atomic E-state index is 2.14. The first-order valence-electron chi connectivity index (χ1n) is 3.70. The van der Waals surface area contributed by atoms with E-state index in [1.807, 2.05) is 0 Å². The topological polar surface area (TPSA) is 0 Å². The van der Waals surface area contributed by atoms with Crippen molar-refractivity contribution in [3.8, 4) is 0 Å². The van der Waals surface area contributed by atoms with Crippen LogP contribution in [0.3, 0.4) is 0 Å². The van der Waals surface area contributed by atoms with Crippen molar-refractivity contribution in [3.05, 3.63) is 35.2 Å². The lowest BCUT2D eigenvalue weighted by Gasteiger charge is -1.95. The maximum Gasteiger partial charge on any atom is 0.00695 e. The van der Waals surface area contributed by atoms with Gasteiger partial charge in [0, 0.05) is 4.90 Å². The van der Waals surface area contributed by atoms with E-state index in [2.05, 4.69) is 48.3 Å². The Hall–Kier alpha value is -0.340. The van der Waals surface area contributed by atoms with E-state index in [1.165, 1.54) is 10.5 Å². The van der Waals surface area contributed by atoms with Crippen LogP contribution in [0.2, 0.25) is 0 Å². The third kappa shape index (κ3) is 2.95. The Balaban J connectivity index is 2.71. The summed E-state index contributed by atoms with van der Waals surface area (Å²) in [5.41, 5.74) is 1.27. The Morgan fingerprint density at radius 3 is 2.25 bits per heavy atom. The third-order valence-electron chi connectivity index (χ3n) is 1.51. The molecule has 0 N–H and O–H groups in total. The van der Waals surface area contributed by atoms with Crippen LogP contribution < -0.4 is 0 Å². The minimum Gasteiger partial charge on any atom is -0.138 e. The van der Waals surface area contributed by atoms with Gasteiger partial charge in [0.25, 0.3) is 0 Å². The van der Waals surface area contributed by atoms with Gasteiger partial charge >= 0.3 is 0 Å². The maximum absolute atomic E-state index is 2.14. The van der Waals surface area contributed by atoms with E-state index in [1.54, 1.807) is 23.5 Å². The Morgan fingerprint density at radius 1 is 1.08 bits per heavy atom. The van der Waals surface area contributed by atoms with Crippen LogP contribution in [-0.4, -0.2) is 12.5 Å². The van der Waals surface area contributed by atoms with Crippen LogP contribution in [0.1, 0.15) is 5.56 Å². The molecule has 0 aliphatic carbocycles. The molecule has 0 saturated heterocycles. The summed E-state index contributed by atoms with van der Waals surface area (Å²) in [7, 11) is 0. The van der Waals surface area contributed by atoms with Gasteiger partial charge in [-0.3, -0.25) is 0 Å². The van der Waals surface area contributed by atoms with Gasteiger partial charge < -0.3 is 0 Å². The van der Waals surface area contributed by atoms with E-state index >= 15 is 0 Å². The number of rotatable bonds is 3. The lowest BCUT2D eigenvalue weighted by molar-refractivity contribution is 1.45. The molecule has 0 fully saturated rings. The second-order valence-electron chi connectivity index (χ2n) is 2.31. The summed E-state index contributed by atoms with van der Waals surface area (Å²) >= 11 is 3.49. The summed E-state index contributed by atoms with van der Waals surface area (Å²) in [5.74, 6) is 0. The minimum absolute atomic E-state index is 1.27. The fraction of sp³-hybridized carbons (Fsp3) is 0.200. The van der Waals surface area contributed by atoms with Crippen LogP contribution in [0.15, 0.2) is 34.6 Å². The van der Waals surface area contributed by atoms with E-state index in [9.17, 15) is 0 Å². The highest BCUT2D eigenvalue weighted by Gasteiger charge is 1.88. The fourth-order valence-electron chi connectivity index (χ4n) is 0.862. The van der Waals surface area contributed by atoms with Gasteiger partial charge in [-0.1, -0.05) is 12.1 Å². The van der Waals surface area contributed by atoms with Crippen LogP contribution in [0, 0.1) is 0 Å². The summed E-state index contributed by atoms with van der Waals surface area (Å²) in [4.78, 5) is 1.32. The fourth-order valence-corrected chi connectivity index (χ4v) is 1.56. The Kier molecular flexibility index (Phi) is 4.33. The zero-order valence-electron chi connectivity index (χ0n) is 7.28. The van der Waals surface area contributed by atoms with Crippen molar-refractivity contribution in [2.45, 2.75) is 4.90 Å². The molecule has 0 aliphatic rings. The SMILES string of the molecule is CSC=Cc1ccc(SC)cc1. The second-order valence-corrected chi connectivity index (χ2v) is 3.93. The number of hydrogen-bond acceptors (Lipinski definition) is 2. The highest BCUT2D eigenvalue weighted by Crippen LogP contribution is 2.15. The largest absolute Gasteiger partial charge is 0.138 e. The molecule has 0 aliphatic heterocycles. The summed E-state index contributed by atoms with van der Waals surface area (Å²) in [5, 5.41) is 2.09. The molecule has 0 bridgehead atoms. The molecule has 0 unspecified atom stereocenters. The normalized spacial score (nSPS) is 10.8. The molecule has 0 saturated carbocycles. The predicted molar refractivity (Wildman–Crippen MR) is 60.8 cm³/mol. The van der Waals surface area contributed by atoms with Crippen LogP contribution in [0.25, 0.3) is 6.08 Å². The lowest BCUT2D eigenvalue weighted by atomic mass is 10.2. The highest BCUT2D eigenvalue weighted by atomic mass is 32.2. The Morgan fingerprint density at radius 2 is 1.75 bits per heavy atom. The standard InChI is InChI=1S/C10H12S2/c1-11-8-7-9-3-5-10(12-2)6-4-9/h3-8H,1-2H3. The summed E-state index contributed by atoms with van der Waals surface area (Å²) in [6.07, 6.45) is 6.27. The van der Waals surface area contributed by atoms with Gasteiger partial charge in [-0.05, 0) is 41.7 Å². The van der Waals surface area contributed by atoms with Crippen molar-refractivity contribution in [2.24, 2.45) is 0 Å². The zero-order chi connectivity index (χ0) is 8.81. The average molecular weight is 196 g/mol. The monoisotopic (exact) mass is 196 g/mol. The zero-order valence-corrected chi connectivity index (χ0v) is 8.91. The Labute approximate surface area is 82.4 Å². The quantitative estimate of drug-likeness (QED) is 0.675. The third-order valence-corrected chi connectivity index (χ3v) is 2.66. The molecule has 1 rings (SSSR count). The molecule has 1 aromatic rings. The molecule has 0 heterocycles. The van der Waals surface area contributed by atoms with Crippen LogP contribution in [-0.2, 0) is 0 Å². The first-order valence-corrected chi connectivity index (χ1v) is 6.21. The molecular weight excluding hydrogens is 184 g/mol. The van der Waals surface area contributed by atoms with Crippen molar-refractivity contribution in [2.75, 3.05) is 12.5 Å². The van der Waals surface area contributed by atoms with Gasteiger partial charge in [-0.25, -0.2) is 0 Å². The highest BCUT2D eigenvalue weighted by molar-refractivity contribution is 8.01. The summed E-state index contributed by atoms with van der Waals surface area (Å²) in [6.45, 7) is 0. The second kappa shape index (κ2) is 5.33. The van der Waals surface area contributed by atoms with Gasteiger partial charge in [0.2, 0.25) is 0 Å². The molecule has 0 nitrogen and oxygen atoms in total. The number of hydrogen-bond donors (Lipinski definition) is 0. The molecule has 2 heteroatoms. The summed E-state index contributed by atoms with van der Waals surface area (Å²) < 4.78 is 0. The van der Waals surface area contributed by atoms with Crippen LogP contribution in [0.5, 0.6) is 0 Å². The molecule has 0 spiro atoms. The van der Waals surface area contributed by atoms with Gasteiger partial charge in [-0.15, -0.1) is 23.5 Å². The molecule has 0 aromatic heterocycles. The summed E-state index contributed by atoms with van der Waals surface area (Å²) in [6, 6.07) is 8.56. The van der Waals surface area contributed by atoms with Crippen molar-refractivity contribution >= 4 is 29.6 Å². The number of thioether (sulfide) groups is 2. The average Bonchev–Trinajstić information content (AvgIpc) is 2.15. The van der Waals surface area contributed by atoms with E-state index in [-0.39, 0.29) is 0 Å². The molecule has 0 atom stereocenters. The smallest absolute Gasteiger partial charge is 0.00695 e. The van der Waals surface area contributed by atoms with Crippen molar-refractivity contribution < 1.29 is 0 Å². The molecule has 1 aromatic carbocycles. The van der Waals surface area contributed by atoms with Crippen LogP contribution in [0.4, 0.5) is 0 Å². The van der Waals surface area contributed by atoms with Crippen LogP contribution >= 0.6 is 23.5 Å². The lowest BCUT2D eigenvalue weighted by Crippen LogP contribution is -1.71.